The predicted molar refractivity (Wildman–Crippen MR) is 78.2 cm³/mol. The summed E-state index contributed by atoms with van der Waals surface area (Å²) in [4.78, 5) is 9.37. The van der Waals surface area contributed by atoms with E-state index < -0.39 is 0 Å². The highest BCUT2D eigenvalue weighted by Gasteiger charge is 2.28. The molecule has 1 heterocycles. The summed E-state index contributed by atoms with van der Waals surface area (Å²) in [5.74, 6) is 1.44. The lowest BCUT2D eigenvalue weighted by Gasteiger charge is -2.29. The van der Waals surface area contributed by atoms with E-state index in [9.17, 15) is 0 Å². The fraction of sp³-hybridized carbons (Fsp3) is 0.750. The first-order chi connectivity index (χ1) is 9.79. The molecule has 0 radical (unpaired) electrons. The van der Waals surface area contributed by atoms with Gasteiger partial charge in [-0.05, 0) is 38.0 Å². The summed E-state index contributed by atoms with van der Waals surface area (Å²) in [5, 5.41) is 0. The number of rotatable bonds is 3. The number of hydrogen-bond donors (Lipinski definition) is 1. The van der Waals surface area contributed by atoms with Gasteiger partial charge in [-0.1, -0.05) is 19.3 Å². The second-order valence-corrected chi connectivity index (χ2v) is 6.18. The molecule has 2 aliphatic carbocycles. The van der Waals surface area contributed by atoms with E-state index in [0.29, 0.717) is 5.92 Å². The van der Waals surface area contributed by atoms with E-state index in [4.69, 9.17) is 15.5 Å². The molecule has 0 saturated heterocycles. The van der Waals surface area contributed by atoms with Crippen molar-refractivity contribution in [2.45, 2.75) is 63.5 Å². The van der Waals surface area contributed by atoms with Gasteiger partial charge in [-0.3, -0.25) is 0 Å². The summed E-state index contributed by atoms with van der Waals surface area (Å²) in [6.45, 7) is 0. The van der Waals surface area contributed by atoms with E-state index in [-0.39, 0.29) is 12.1 Å². The molecule has 1 aromatic rings. The first kappa shape index (κ1) is 14.0. The second-order valence-electron chi connectivity index (χ2n) is 6.18. The number of methoxy groups -OCH3 is 1. The minimum absolute atomic E-state index is 0.0544. The van der Waals surface area contributed by atoms with Gasteiger partial charge in [-0.2, -0.15) is 0 Å². The number of aryl methyl sites for hydroxylation is 1. The molecule has 2 unspecified atom stereocenters. The van der Waals surface area contributed by atoms with Crippen LogP contribution in [0.2, 0.25) is 0 Å². The molecule has 0 amide bonds. The zero-order chi connectivity index (χ0) is 13.9. The average molecular weight is 275 g/mol. The molecule has 0 aromatic carbocycles. The van der Waals surface area contributed by atoms with Crippen LogP contribution in [0.1, 0.15) is 74.2 Å². The van der Waals surface area contributed by atoms with Crippen LogP contribution < -0.4 is 5.73 Å². The molecular formula is C16H25N3O. The van der Waals surface area contributed by atoms with Crippen LogP contribution in [0.15, 0.2) is 6.20 Å². The molecule has 2 N–H and O–H groups in total. The van der Waals surface area contributed by atoms with Crippen LogP contribution >= 0.6 is 0 Å². The Morgan fingerprint density at radius 1 is 1.20 bits per heavy atom. The van der Waals surface area contributed by atoms with Crippen molar-refractivity contribution in [1.29, 1.82) is 0 Å². The third-order valence-electron chi connectivity index (χ3n) is 4.83. The maximum atomic E-state index is 6.14. The van der Waals surface area contributed by atoms with Crippen molar-refractivity contribution in [3.63, 3.8) is 0 Å². The van der Waals surface area contributed by atoms with Gasteiger partial charge in [0.2, 0.25) is 0 Å². The van der Waals surface area contributed by atoms with Gasteiger partial charge in [0.1, 0.15) is 6.10 Å². The molecule has 4 nitrogen and oxygen atoms in total. The number of aromatic nitrogens is 2. The summed E-state index contributed by atoms with van der Waals surface area (Å²) in [7, 11) is 1.79. The zero-order valence-corrected chi connectivity index (χ0v) is 12.3. The molecular weight excluding hydrogens is 250 g/mol. The third-order valence-corrected chi connectivity index (χ3v) is 4.83. The van der Waals surface area contributed by atoms with Crippen LogP contribution in [0.3, 0.4) is 0 Å². The van der Waals surface area contributed by atoms with Gasteiger partial charge in [-0.25, -0.2) is 9.97 Å². The number of hydrogen-bond acceptors (Lipinski definition) is 4. The Morgan fingerprint density at radius 2 is 2.00 bits per heavy atom. The Kier molecular flexibility index (Phi) is 4.32. The molecule has 4 heteroatoms. The van der Waals surface area contributed by atoms with Crippen LogP contribution in [0, 0.1) is 5.92 Å². The summed E-state index contributed by atoms with van der Waals surface area (Å²) < 4.78 is 5.74. The largest absolute Gasteiger partial charge is 0.373 e. The topological polar surface area (TPSA) is 61.0 Å². The Balaban J connectivity index is 1.84. The highest BCUT2D eigenvalue weighted by atomic mass is 16.5. The van der Waals surface area contributed by atoms with E-state index in [2.05, 4.69) is 4.98 Å². The summed E-state index contributed by atoms with van der Waals surface area (Å²) in [5.41, 5.74) is 8.42. The minimum Gasteiger partial charge on any atom is -0.373 e. The van der Waals surface area contributed by atoms with Gasteiger partial charge in [0.15, 0.2) is 5.82 Å². The molecule has 1 aromatic heterocycles. The van der Waals surface area contributed by atoms with E-state index in [1.807, 2.05) is 6.20 Å². The first-order valence-electron chi connectivity index (χ1n) is 7.93. The molecule has 0 bridgehead atoms. The lowest BCUT2D eigenvalue weighted by atomic mass is 9.84. The molecule has 0 aliphatic heterocycles. The predicted octanol–water partition coefficient (Wildman–Crippen LogP) is 3.08. The Bertz CT molecular complexity index is 457. The summed E-state index contributed by atoms with van der Waals surface area (Å²) in [6.07, 6.45) is 11.6. The fourth-order valence-electron chi connectivity index (χ4n) is 3.68. The number of nitrogens with two attached hydrogens (primary N) is 1. The van der Waals surface area contributed by atoms with Gasteiger partial charge >= 0.3 is 0 Å². The van der Waals surface area contributed by atoms with Crippen LogP contribution in [-0.4, -0.2) is 17.1 Å². The maximum Gasteiger partial charge on any atom is 0.157 e. The minimum atomic E-state index is 0.0544. The van der Waals surface area contributed by atoms with Crippen LogP contribution in [0.4, 0.5) is 0 Å². The highest BCUT2D eigenvalue weighted by molar-refractivity contribution is 5.24. The van der Waals surface area contributed by atoms with Crippen molar-refractivity contribution in [2.24, 2.45) is 11.7 Å². The van der Waals surface area contributed by atoms with Crippen molar-refractivity contribution < 1.29 is 4.74 Å². The maximum absolute atomic E-state index is 6.14. The SMILES string of the molecule is COC(c1ncc2c(n1)CCCC2N)C1CCCCC1. The number of ether oxygens (including phenoxy) is 1. The highest BCUT2D eigenvalue weighted by Crippen LogP contribution is 2.36. The quantitative estimate of drug-likeness (QED) is 0.921. The third kappa shape index (κ3) is 2.72. The molecule has 1 saturated carbocycles. The molecule has 1 fully saturated rings. The fourth-order valence-corrected chi connectivity index (χ4v) is 3.68. The van der Waals surface area contributed by atoms with Gasteiger partial charge in [-0.15, -0.1) is 0 Å². The van der Waals surface area contributed by atoms with Gasteiger partial charge in [0, 0.05) is 30.6 Å². The number of nitrogens with zero attached hydrogens (tertiary/aromatic N) is 2. The molecule has 2 aliphatic rings. The van der Waals surface area contributed by atoms with Crippen molar-refractivity contribution in [3.05, 3.63) is 23.3 Å². The summed E-state index contributed by atoms with van der Waals surface area (Å²) >= 11 is 0. The van der Waals surface area contributed by atoms with E-state index in [0.717, 1.165) is 36.3 Å². The van der Waals surface area contributed by atoms with Crippen molar-refractivity contribution in [2.75, 3.05) is 7.11 Å². The average Bonchev–Trinajstić information content (AvgIpc) is 2.49. The normalized spacial score (nSPS) is 25.2. The lowest BCUT2D eigenvalue weighted by Crippen LogP contribution is -2.24. The Labute approximate surface area is 121 Å². The smallest absolute Gasteiger partial charge is 0.157 e. The lowest BCUT2D eigenvalue weighted by molar-refractivity contribution is 0.0286. The van der Waals surface area contributed by atoms with Crippen LogP contribution in [0.25, 0.3) is 0 Å². The molecule has 3 rings (SSSR count). The van der Waals surface area contributed by atoms with Crippen LogP contribution in [-0.2, 0) is 11.2 Å². The van der Waals surface area contributed by atoms with Crippen molar-refractivity contribution >= 4 is 0 Å². The first-order valence-corrected chi connectivity index (χ1v) is 7.93. The summed E-state index contributed by atoms with van der Waals surface area (Å²) in [6, 6.07) is 0.114. The zero-order valence-electron chi connectivity index (χ0n) is 12.3. The molecule has 20 heavy (non-hydrogen) atoms. The van der Waals surface area contributed by atoms with Crippen molar-refractivity contribution in [3.8, 4) is 0 Å². The van der Waals surface area contributed by atoms with Gasteiger partial charge < -0.3 is 10.5 Å². The Hall–Kier alpha value is -1.00. The van der Waals surface area contributed by atoms with Gasteiger partial charge in [0.25, 0.3) is 0 Å². The van der Waals surface area contributed by atoms with Crippen molar-refractivity contribution in [1.82, 2.24) is 9.97 Å². The molecule has 2 atom stereocenters. The van der Waals surface area contributed by atoms with E-state index in [1.165, 1.54) is 32.1 Å². The number of fused-ring (bicyclic) bond motifs is 1. The van der Waals surface area contributed by atoms with E-state index >= 15 is 0 Å². The van der Waals surface area contributed by atoms with Gasteiger partial charge in [0.05, 0.1) is 0 Å². The second kappa shape index (κ2) is 6.19. The van der Waals surface area contributed by atoms with Crippen LogP contribution in [0.5, 0.6) is 0 Å². The monoisotopic (exact) mass is 275 g/mol. The van der Waals surface area contributed by atoms with E-state index in [1.54, 1.807) is 7.11 Å². The molecule has 110 valence electrons. The molecule has 0 spiro atoms. The Morgan fingerprint density at radius 3 is 2.75 bits per heavy atom. The standard InChI is InChI=1S/C16H25N3O/c1-20-15(11-6-3-2-4-7-11)16-18-10-12-13(17)8-5-9-14(12)19-16/h10-11,13,15H,2-9,17H2,1H3.